The molecule has 1 atom stereocenters. The Kier molecular flexibility index (Phi) is 14.4. The van der Waals surface area contributed by atoms with E-state index in [2.05, 4.69) is 37.1 Å². The standard InChI is InChI=1S/C17H35N3/c1-4-7-8-9-10-11-12-13-17(16-18)19-14-15-20(5-2)6-3/h17,19H,4-15H2,1-3H3. The summed E-state index contributed by atoms with van der Waals surface area (Å²) in [5.74, 6) is 0. The van der Waals surface area contributed by atoms with E-state index < -0.39 is 0 Å². The van der Waals surface area contributed by atoms with Crippen LogP contribution in [0.25, 0.3) is 0 Å². The molecule has 3 heteroatoms. The van der Waals surface area contributed by atoms with Crippen molar-refractivity contribution in [3.05, 3.63) is 0 Å². The number of nitrogens with one attached hydrogen (secondary N) is 1. The first-order valence-electron chi connectivity index (χ1n) is 8.63. The van der Waals surface area contributed by atoms with Gasteiger partial charge in [0.1, 0.15) is 0 Å². The largest absolute Gasteiger partial charge is 0.303 e. The average molecular weight is 281 g/mol. The van der Waals surface area contributed by atoms with Gasteiger partial charge in [-0.1, -0.05) is 65.7 Å². The maximum absolute atomic E-state index is 9.15. The van der Waals surface area contributed by atoms with Crippen LogP contribution in [0.15, 0.2) is 0 Å². The fraction of sp³-hybridized carbons (Fsp3) is 0.941. The third-order valence-corrected chi connectivity index (χ3v) is 3.97. The monoisotopic (exact) mass is 281 g/mol. The summed E-state index contributed by atoms with van der Waals surface area (Å²) in [5, 5.41) is 12.5. The maximum atomic E-state index is 9.15. The molecule has 0 saturated carbocycles. The quantitative estimate of drug-likeness (QED) is 0.490. The molecule has 118 valence electrons. The molecule has 0 aliphatic rings. The van der Waals surface area contributed by atoms with Crippen LogP contribution >= 0.6 is 0 Å². The highest BCUT2D eigenvalue weighted by atomic mass is 15.1. The Morgan fingerprint density at radius 2 is 1.55 bits per heavy atom. The van der Waals surface area contributed by atoms with Crippen molar-refractivity contribution in [3.8, 4) is 6.07 Å². The van der Waals surface area contributed by atoms with Crippen molar-refractivity contribution in [1.82, 2.24) is 10.2 Å². The molecule has 0 aromatic carbocycles. The molecule has 0 fully saturated rings. The van der Waals surface area contributed by atoms with Crippen molar-refractivity contribution in [1.29, 1.82) is 5.26 Å². The number of hydrogen-bond donors (Lipinski definition) is 1. The number of nitriles is 1. The highest BCUT2D eigenvalue weighted by molar-refractivity contribution is 4.89. The summed E-state index contributed by atoms with van der Waals surface area (Å²) >= 11 is 0. The van der Waals surface area contributed by atoms with Crippen molar-refractivity contribution in [2.75, 3.05) is 26.2 Å². The van der Waals surface area contributed by atoms with Crippen LogP contribution in [0.1, 0.15) is 72.1 Å². The summed E-state index contributed by atoms with van der Waals surface area (Å²) in [6.07, 6.45) is 10.2. The van der Waals surface area contributed by atoms with Gasteiger partial charge in [0.05, 0.1) is 12.1 Å². The van der Waals surface area contributed by atoms with Gasteiger partial charge in [-0.25, -0.2) is 0 Å². The number of nitrogens with zero attached hydrogens (tertiary/aromatic N) is 2. The molecule has 1 N–H and O–H groups in total. The highest BCUT2D eigenvalue weighted by Gasteiger charge is 2.06. The summed E-state index contributed by atoms with van der Waals surface area (Å²) in [6.45, 7) is 10.8. The molecule has 20 heavy (non-hydrogen) atoms. The number of unbranched alkanes of at least 4 members (excludes halogenated alkanes) is 6. The van der Waals surface area contributed by atoms with Gasteiger partial charge in [0.15, 0.2) is 0 Å². The first kappa shape index (κ1) is 19.4. The van der Waals surface area contributed by atoms with Crippen molar-refractivity contribution in [3.63, 3.8) is 0 Å². The van der Waals surface area contributed by atoms with E-state index in [1.54, 1.807) is 0 Å². The summed E-state index contributed by atoms with van der Waals surface area (Å²) in [6, 6.07) is 2.44. The zero-order valence-corrected chi connectivity index (χ0v) is 14.0. The number of rotatable bonds is 14. The van der Waals surface area contributed by atoms with E-state index in [-0.39, 0.29) is 6.04 Å². The Labute approximate surface area is 126 Å². The molecule has 0 bridgehead atoms. The van der Waals surface area contributed by atoms with E-state index in [4.69, 9.17) is 5.26 Å². The van der Waals surface area contributed by atoms with E-state index in [0.717, 1.165) is 32.6 Å². The zero-order chi connectivity index (χ0) is 15.1. The molecule has 0 saturated heterocycles. The van der Waals surface area contributed by atoms with Gasteiger partial charge in [-0.05, 0) is 19.5 Å². The van der Waals surface area contributed by atoms with Gasteiger partial charge in [0.2, 0.25) is 0 Å². The van der Waals surface area contributed by atoms with E-state index in [1.165, 1.54) is 44.9 Å². The summed E-state index contributed by atoms with van der Waals surface area (Å²) in [7, 11) is 0. The lowest BCUT2D eigenvalue weighted by Gasteiger charge is -2.19. The van der Waals surface area contributed by atoms with Gasteiger partial charge in [-0.2, -0.15) is 5.26 Å². The summed E-state index contributed by atoms with van der Waals surface area (Å²) in [4.78, 5) is 2.38. The molecule has 0 amide bonds. The van der Waals surface area contributed by atoms with Gasteiger partial charge in [-0.15, -0.1) is 0 Å². The van der Waals surface area contributed by atoms with Crippen LogP contribution in [0.4, 0.5) is 0 Å². The number of likely N-dealkylation sites (N-methyl/N-ethyl adjacent to an activating group) is 1. The van der Waals surface area contributed by atoms with E-state index >= 15 is 0 Å². The molecule has 0 aliphatic heterocycles. The Balaban J connectivity index is 3.50. The van der Waals surface area contributed by atoms with Crippen LogP contribution in [-0.2, 0) is 0 Å². The van der Waals surface area contributed by atoms with Crippen molar-refractivity contribution >= 4 is 0 Å². The SMILES string of the molecule is CCCCCCCCCC(C#N)NCCN(CC)CC. The third-order valence-electron chi connectivity index (χ3n) is 3.97. The minimum absolute atomic E-state index is 0.0428. The Hall–Kier alpha value is -0.590. The second-order valence-corrected chi connectivity index (χ2v) is 5.57. The summed E-state index contributed by atoms with van der Waals surface area (Å²) < 4.78 is 0. The Morgan fingerprint density at radius 1 is 0.950 bits per heavy atom. The number of hydrogen-bond acceptors (Lipinski definition) is 3. The lowest BCUT2D eigenvalue weighted by Crippen LogP contribution is -2.36. The van der Waals surface area contributed by atoms with E-state index in [0.29, 0.717) is 0 Å². The minimum Gasteiger partial charge on any atom is -0.303 e. The van der Waals surface area contributed by atoms with Crippen molar-refractivity contribution in [2.45, 2.75) is 78.2 Å². The second kappa shape index (κ2) is 14.8. The molecule has 0 radical (unpaired) electrons. The topological polar surface area (TPSA) is 39.1 Å². The molecule has 0 aromatic heterocycles. The van der Waals surface area contributed by atoms with Crippen LogP contribution < -0.4 is 5.32 Å². The molecule has 0 aliphatic carbocycles. The van der Waals surface area contributed by atoms with Gasteiger partial charge in [-0.3, -0.25) is 0 Å². The first-order valence-corrected chi connectivity index (χ1v) is 8.63. The van der Waals surface area contributed by atoms with Crippen LogP contribution in [0.5, 0.6) is 0 Å². The smallest absolute Gasteiger partial charge is 0.0953 e. The molecule has 0 aromatic rings. The molecule has 1 unspecified atom stereocenters. The molecule has 0 rings (SSSR count). The normalized spacial score (nSPS) is 12.6. The molecule has 0 spiro atoms. The fourth-order valence-corrected chi connectivity index (χ4v) is 2.45. The van der Waals surface area contributed by atoms with E-state index in [1.807, 2.05) is 0 Å². The summed E-state index contributed by atoms with van der Waals surface area (Å²) in [5.41, 5.74) is 0. The molecule has 3 nitrogen and oxygen atoms in total. The lowest BCUT2D eigenvalue weighted by molar-refractivity contribution is 0.298. The van der Waals surface area contributed by atoms with Gasteiger partial charge < -0.3 is 10.2 Å². The molecular weight excluding hydrogens is 246 g/mol. The maximum Gasteiger partial charge on any atom is 0.0953 e. The molecular formula is C17H35N3. The predicted molar refractivity (Wildman–Crippen MR) is 87.8 cm³/mol. The van der Waals surface area contributed by atoms with Crippen LogP contribution in [-0.4, -0.2) is 37.1 Å². The lowest BCUT2D eigenvalue weighted by atomic mass is 10.1. The predicted octanol–water partition coefficient (Wildman–Crippen LogP) is 3.95. The fourth-order valence-electron chi connectivity index (χ4n) is 2.45. The van der Waals surface area contributed by atoms with Crippen molar-refractivity contribution in [2.24, 2.45) is 0 Å². The average Bonchev–Trinajstić information content (AvgIpc) is 2.48. The Morgan fingerprint density at radius 3 is 2.10 bits per heavy atom. The highest BCUT2D eigenvalue weighted by Crippen LogP contribution is 2.09. The van der Waals surface area contributed by atoms with Crippen molar-refractivity contribution < 1.29 is 0 Å². The Bertz CT molecular complexity index is 231. The molecule has 0 heterocycles. The minimum atomic E-state index is 0.0428. The van der Waals surface area contributed by atoms with Crippen LogP contribution in [0.3, 0.4) is 0 Å². The van der Waals surface area contributed by atoms with Crippen LogP contribution in [0, 0.1) is 11.3 Å². The zero-order valence-electron chi connectivity index (χ0n) is 14.0. The first-order chi connectivity index (χ1) is 9.78. The van der Waals surface area contributed by atoms with Gasteiger partial charge in [0, 0.05) is 13.1 Å². The van der Waals surface area contributed by atoms with Gasteiger partial charge in [0.25, 0.3) is 0 Å². The third kappa shape index (κ3) is 11.3. The second-order valence-electron chi connectivity index (χ2n) is 5.57. The van der Waals surface area contributed by atoms with Crippen LogP contribution in [0.2, 0.25) is 0 Å². The van der Waals surface area contributed by atoms with E-state index in [9.17, 15) is 0 Å². The van der Waals surface area contributed by atoms with Gasteiger partial charge >= 0.3 is 0 Å².